The highest BCUT2D eigenvalue weighted by molar-refractivity contribution is 7.86. The topological polar surface area (TPSA) is 238 Å². The number of nitrogens with zero attached hydrogens (tertiary/aromatic N) is 4. The van der Waals surface area contributed by atoms with E-state index in [2.05, 4.69) is 20.8 Å². The molecule has 3 amide bonds. The van der Waals surface area contributed by atoms with Crippen molar-refractivity contribution in [2.45, 2.75) is 23.6 Å². The molecule has 0 atom stereocenters. The Morgan fingerprint density at radius 3 is 1.84 bits per heavy atom. The number of anilines is 2. The Bertz CT molecular complexity index is 1940. The molecule has 3 aromatic rings. The van der Waals surface area contributed by atoms with E-state index in [0.29, 0.717) is 0 Å². The van der Waals surface area contributed by atoms with E-state index in [0.717, 1.165) is 34.0 Å². The minimum atomic E-state index is -4.48. The number of hydrazone groups is 1. The molecule has 16 nitrogen and oxygen atoms in total. The zero-order valence-corrected chi connectivity index (χ0v) is 23.8. The highest BCUT2D eigenvalue weighted by atomic mass is 32.2. The van der Waals surface area contributed by atoms with Gasteiger partial charge in [-0.2, -0.15) is 26.5 Å². The van der Waals surface area contributed by atoms with Gasteiger partial charge in [0.2, 0.25) is 17.7 Å². The first-order valence-corrected chi connectivity index (χ1v) is 14.8. The molecule has 43 heavy (non-hydrogen) atoms. The van der Waals surface area contributed by atoms with Crippen molar-refractivity contribution in [2.75, 3.05) is 10.3 Å². The Morgan fingerprint density at radius 1 is 0.837 bits per heavy atom. The third kappa shape index (κ3) is 6.84. The van der Waals surface area contributed by atoms with E-state index < -0.39 is 53.6 Å². The third-order valence-electron chi connectivity index (χ3n) is 5.65. The van der Waals surface area contributed by atoms with Gasteiger partial charge in [-0.05, 0) is 60.7 Å². The lowest BCUT2D eigenvalue weighted by molar-refractivity contribution is -0.117. The molecule has 1 aliphatic heterocycles. The summed E-state index contributed by atoms with van der Waals surface area (Å²) in [6.45, 7) is 2.40. The number of carbonyl (C=O) groups excluding carboxylic acids is 3. The average molecular weight is 631 g/mol. The maximum absolute atomic E-state index is 13.2. The number of amides is 3. The lowest BCUT2D eigenvalue weighted by atomic mass is 10.2. The maximum Gasteiger partial charge on any atom is 0.294 e. The van der Waals surface area contributed by atoms with Crippen molar-refractivity contribution in [2.24, 2.45) is 5.10 Å². The Labute approximate surface area is 244 Å². The van der Waals surface area contributed by atoms with Gasteiger partial charge in [-0.3, -0.25) is 23.5 Å². The molecular weight excluding hydrogens is 608 g/mol. The molecule has 0 saturated heterocycles. The number of aromatic hydroxyl groups is 1. The van der Waals surface area contributed by atoms with Crippen LogP contribution in [0.3, 0.4) is 0 Å². The predicted molar refractivity (Wildman–Crippen MR) is 151 cm³/mol. The van der Waals surface area contributed by atoms with Crippen molar-refractivity contribution < 1.29 is 45.4 Å². The fraction of sp³-hybridized carbons (Fsp3) is 0.0800. The van der Waals surface area contributed by atoms with Crippen molar-refractivity contribution in [3.8, 4) is 11.6 Å². The summed E-state index contributed by atoms with van der Waals surface area (Å²) >= 11 is 0. The van der Waals surface area contributed by atoms with Gasteiger partial charge in [0.05, 0.1) is 32.3 Å². The van der Waals surface area contributed by atoms with Crippen LogP contribution in [0.25, 0.3) is 11.8 Å². The van der Waals surface area contributed by atoms with Gasteiger partial charge in [-0.1, -0.05) is 6.08 Å². The standard InChI is InChI=1S/C25H22N6O10S2/c1-14(32)26-22-20(24(34)30(28-22)16-6-10-18(11-7-16)42(36,37)38)4-3-5-21-23(27-15(2)33)29-31(25(21)35)17-8-12-19(13-9-17)43(39,40)41/h3-13,34H,1-2H3,(H,26,28,32)(H,27,29,33)(H,36,37,38)(H,39,40,41)/b4-3?,21-5-. The molecule has 224 valence electrons. The number of allylic oxidation sites excluding steroid dienone is 2. The second kappa shape index (κ2) is 11.6. The number of aromatic nitrogens is 2. The number of amidine groups is 1. The van der Waals surface area contributed by atoms with E-state index in [1.165, 1.54) is 56.3 Å². The molecule has 2 aromatic carbocycles. The Hall–Kier alpha value is -5.17. The quantitative estimate of drug-likeness (QED) is 0.185. The zero-order valence-electron chi connectivity index (χ0n) is 22.2. The Morgan fingerprint density at radius 2 is 1.35 bits per heavy atom. The minimum Gasteiger partial charge on any atom is -0.493 e. The molecule has 0 unspecified atom stereocenters. The van der Waals surface area contributed by atoms with Crippen LogP contribution in [0.2, 0.25) is 0 Å². The van der Waals surface area contributed by atoms with Gasteiger partial charge in [-0.15, -0.1) is 10.2 Å². The van der Waals surface area contributed by atoms with Gasteiger partial charge < -0.3 is 15.7 Å². The fourth-order valence-electron chi connectivity index (χ4n) is 3.77. The first kappa shape index (κ1) is 30.8. The first-order chi connectivity index (χ1) is 20.1. The molecule has 1 aliphatic rings. The number of hydrogen-bond acceptors (Lipinski definition) is 10. The maximum atomic E-state index is 13.2. The van der Waals surface area contributed by atoms with Crippen molar-refractivity contribution in [1.82, 2.24) is 15.1 Å². The molecule has 0 radical (unpaired) electrons. The van der Waals surface area contributed by atoms with E-state index in [9.17, 15) is 45.4 Å². The van der Waals surface area contributed by atoms with Crippen LogP contribution in [-0.2, 0) is 34.6 Å². The SMILES string of the molecule is CC(=O)NC1=NN(c2ccc(S(=O)(=O)O)cc2)C(=O)/C1=C\C=Cc1c(NC(C)=O)nn(-c2ccc(S(=O)(=O)O)cc2)c1O. The molecule has 0 fully saturated rings. The van der Waals surface area contributed by atoms with E-state index in [-0.39, 0.29) is 34.2 Å². The molecule has 18 heteroatoms. The zero-order chi connectivity index (χ0) is 31.7. The summed E-state index contributed by atoms with van der Waals surface area (Å²) in [5, 5.41) is 24.9. The van der Waals surface area contributed by atoms with Crippen LogP contribution in [0.1, 0.15) is 19.4 Å². The second-order valence-corrected chi connectivity index (χ2v) is 11.6. The molecule has 5 N–H and O–H groups in total. The van der Waals surface area contributed by atoms with Gasteiger partial charge in [0.25, 0.3) is 26.1 Å². The highest BCUT2D eigenvalue weighted by Gasteiger charge is 2.32. The lowest BCUT2D eigenvalue weighted by Gasteiger charge is -2.11. The largest absolute Gasteiger partial charge is 0.493 e. The molecular formula is C25H22N6O10S2. The average Bonchev–Trinajstić information content (AvgIpc) is 3.38. The van der Waals surface area contributed by atoms with Gasteiger partial charge in [0.15, 0.2) is 11.7 Å². The van der Waals surface area contributed by atoms with E-state index in [1.54, 1.807) is 0 Å². The van der Waals surface area contributed by atoms with Gasteiger partial charge in [0, 0.05) is 13.8 Å². The summed E-state index contributed by atoms with van der Waals surface area (Å²) in [5.74, 6) is -2.49. The van der Waals surface area contributed by atoms with Crippen LogP contribution in [0.5, 0.6) is 5.88 Å². The van der Waals surface area contributed by atoms with E-state index >= 15 is 0 Å². The fourth-order valence-corrected chi connectivity index (χ4v) is 4.73. The van der Waals surface area contributed by atoms with E-state index in [4.69, 9.17) is 0 Å². The summed E-state index contributed by atoms with van der Waals surface area (Å²) in [7, 11) is -8.94. The van der Waals surface area contributed by atoms with Crippen LogP contribution in [0, 0.1) is 0 Å². The summed E-state index contributed by atoms with van der Waals surface area (Å²) in [6.07, 6.45) is 3.87. The number of rotatable bonds is 7. The molecule has 0 bridgehead atoms. The Kier molecular flexibility index (Phi) is 8.31. The Balaban J connectivity index is 1.70. The molecule has 1 aromatic heterocycles. The summed E-state index contributed by atoms with van der Waals surface area (Å²) in [6, 6.07) is 9.26. The third-order valence-corrected chi connectivity index (χ3v) is 7.38. The van der Waals surface area contributed by atoms with E-state index in [1.807, 2.05) is 0 Å². The van der Waals surface area contributed by atoms with Gasteiger partial charge in [-0.25, -0.2) is 0 Å². The van der Waals surface area contributed by atoms with Crippen molar-refractivity contribution >= 4 is 61.4 Å². The summed E-state index contributed by atoms with van der Waals surface area (Å²) < 4.78 is 64.7. The normalized spacial score (nSPS) is 14.8. The number of hydrogen-bond donors (Lipinski definition) is 5. The molecule has 0 spiro atoms. The summed E-state index contributed by atoms with van der Waals surface area (Å²) in [5.41, 5.74) is 0.196. The van der Waals surface area contributed by atoms with Crippen LogP contribution in [0.4, 0.5) is 11.5 Å². The van der Waals surface area contributed by atoms with Crippen LogP contribution >= 0.6 is 0 Å². The number of carbonyl (C=O) groups is 3. The monoisotopic (exact) mass is 630 g/mol. The van der Waals surface area contributed by atoms with Crippen LogP contribution in [-0.4, -0.2) is 64.4 Å². The number of benzene rings is 2. The highest BCUT2D eigenvalue weighted by Crippen LogP contribution is 2.31. The van der Waals surface area contributed by atoms with Crippen molar-refractivity contribution in [3.63, 3.8) is 0 Å². The molecule has 0 aliphatic carbocycles. The van der Waals surface area contributed by atoms with Crippen LogP contribution < -0.4 is 15.6 Å². The van der Waals surface area contributed by atoms with Gasteiger partial charge >= 0.3 is 0 Å². The summed E-state index contributed by atoms with van der Waals surface area (Å²) in [4.78, 5) is 35.9. The number of nitrogens with one attached hydrogen (secondary N) is 2. The molecule has 4 rings (SSSR count). The van der Waals surface area contributed by atoms with Crippen molar-refractivity contribution in [3.05, 3.63) is 71.8 Å². The first-order valence-electron chi connectivity index (χ1n) is 11.9. The van der Waals surface area contributed by atoms with Gasteiger partial charge in [0.1, 0.15) is 0 Å². The predicted octanol–water partition coefficient (Wildman–Crippen LogP) is 1.47. The molecule has 2 heterocycles. The lowest BCUT2D eigenvalue weighted by Crippen LogP contribution is -2.29. The second-order valence-electron chi connectivity index (χ2n) is 8.80. The minimum absolute atomic E-state index is 0.00738. The molecule has 0 saturated carbocycles. The van der Waals surface area contributed by atoms with Crippen molar-refractivity contribution in [1.29, 1.82) is 0 Å². The smallest absolute Gasteiger partial charge is 0.294 e. The van der Waals surface area contributed by atoms with Crippen LogP contribution in [0.15, 0.2) is 81.1 Å².